The normalized spacial score (nSPS) is 14.6. The van der Waals surface area contributed by atoms with Gasteiger partial charge in [-0.3, -0.25) is 9.69 Å². The van der Waals surface area contributed by atoms with Gasteiger partial charge in [0.2, 0.25) is 17.6 Å². The first kappa shape index (κ1) is 28.3. The second kappa shape index (κ2) is 11.4. The van der Waals surface area contributed by atoms with Crippen molar-refractivity contribution in [2.75, 3.05) is 10.2 Å². The first-order valence-electron chi connectivity index (χ1n) is 12.7. The SMILES string of the molecule is C=Cc1c(F)nc(F)c(F)c1NC1N=C(c2ccccc2)c2ccccc2N(c2c(F)c(F)nc(CC)c2C=C)C1=O. The first-order valence-corrected chi connectivity index (χ1v) is 12.7. The maximum atomic E-state index is 15.7. The number of aryl methyl sites for hydroxylation is 1. The number of nitrogens with zero attached hydrogens (tertiary/aromatic N) is 4. The van der Waals surface area contributed by atoms with Crippen LogP contribution in [0.1, 0.15) is 34.9 Å². The number of hydrogen-bond donors (Lipinski definition) is 1. The lowest BCUT2D eigenvalue weighted by molar-refractivity contribution is -0.118. The highest BCUT2D eigenvalue weighted by atomic mass is 19.2. The van der Waals surface area contributed by atoms with Crippen LogP contribution in [0.4, 0.5) is 39.0 Å². The van der Waals surface area contributed by atoms with Crippen LogP contribution in [0.2, 0.25) is 0 Å². The molecule has 0 radical (unpaired) electrons. The predicted molar refractivity (Wildman–Crippen MR) is 151 cm³/mol. The first-order chi connectivity index (χ1) is 20.2. The number of halogens is 5. The number of benzodiazepines with no additional fused rings is 1. The van der Waals surface area contributed by atoms with Crippen LogP contribution in [0, 0.1) is 29.5 Å². The molecular weight excluding hydrogens is 553 g/mol. The molecule has 2 aromatic carbocycles. The molecule has 0 spiro atoms. The number of fused-ring (bicyclic) bond motifs is 1. The summed E-state index contributed by atoms with van der Waals surface area (Å²) in [5, 5.41) is 2.47. The molecular formula is C31H22F5N5O. The summed E-state index contributed by atoms with van der Waals surface area (Å²) < 4.78 is 74.4. The Morgan fingerprint density at radius 2 is 1.50 bits per heavy atom. The molecule has 0 aliphatic carbocycles. The van der Waals surface area contributed by atoms with Gasteiger partial charge in [-0.2, -0.15) is 26.9 Å². The highest BCUT2D eigenvalue weighted by Crippen LogP contribution is 2.40. The predicted octanol–water partition coefficient (Wildman–Crippen LogP) is 6.97. The largest absolute Gasteiger partial charge is 0.353 e. The number of rotatable bonds is 7. The van der Waals surface area contributed by atoms with Crippen molar-refractivity contribution in [2.45, 2.75) is 19.5 Å². The molecule has 212 valence electrons. The molecule has 0 saturated carbocycles. The van der Waals surface area contributed by atoms with E-state index < -0.39 is 58.5 Å². The molecule has 2 aromatic heterocycles. The molecule has 1 aliphatic rings. The number of amides is 1. The van der Waals surface area contributed by atoms with E-state index in [1.807, 2.05) is 0 Å². The number of benzene rings is 2. The summed E-state index contributed by atoms with van der Waals surface area (Å²) in [4.78, 5) is 26.4. The maximum absolute atomic E-state index is 15.7. The summed E-state index contributed by atoms with van der Waals surface area (Å²) in [6.07, 6.45) is 0.505. The van der Waals surface area contributed by atoms with Gasteiger partial charge < -0.3 is 5.32 Å². The van der Waals surface area contributed by atoms with Crippen LogP contribution in [0.15, 0.2) is 72.7 Å². The number of anilines is 3. The van der Waals surface area contributed by atoms with Gasteiger partial charge in [-0.1, -0.05) is 80.8 Å². The summed E-state index contributed by atoms with van der Waals surface area (Å²) >= 11 is 0. The second-order valence-electron chi connectivity index (χ2n) is 9.06. The van der Waals surface area contributed by atoms with E-state index in [0.29, 0.717) is 11.1 Å². The summed E-state index contributed by atoms with van der Waals surface area (Å²) in [5.41, 5.74) is -0.505. The molecule has 11 heteroatoms. The van der Waals surface area contributed by atoms with Gasteiger partial charge in [0.1, 0.15) is 0 Å². The van der Waals surface area contributed by atoms with E-state index in [0.717, 1.165) is 11.0 Å². The fourth-order valence-electron chi connectivity index (χ4n) is 4.78. The Bertz CT molecular complexity index is 1770. The fraction of sp³-hybridized carbons (Fsp3) is 0.0968. The molecule has 3 heterocycles. The Morgan fingerprint density at radius 1 is 0.857 bits per heavy atom. The minimum Gasteiger partial charge on any atom is -0.353 e. The Morgan fingerprint density at radius 3 is 2.17 bits per heavy atom. The molecule has 1 atom stereocenters. The zero-order valence-corrected chi connectivity index (χ0v) is 22.1. The van der Waals surface area contributed by atoms with Crippen molar-refractivity contribution in [1.82, 2.24) is 9.97 Å². The van der Waals surface area contributed by atoms with Crippen molar-refractivity contribution >= 4 is 40.8 Å². The highest BCUT2D eigenvalue weighted by molar-refractivity contribution is 6.22. The number of hydrogen-bond acceptors (Lipinski definition) is 5. The van der Waals surface area contributed by atoms with Crippen LogP contribution in [-0.2, 0) is 11.2 Å². The summed E-state index contributed by atoms with van der Waals surface area (Å²) in [6, 6.07) is 15.0. The number of aliphatic imine (C=N–C) groups is 1. The lowest BCUT2D eigenvalue weighted by atomic mass is 9.99. The molecule has 1 amide bonds. The van der Waals surface area contributed by atoms with Crippen LogP contribution in [0.3, 0.4) is 0 Å². The van der Waals surface area contributed by atoms with Gasteiger partial charge in [-0.15, -0.1) is 0 Å². The van der Waals surface area contributed by atoms with Crippen molar-refractivity contribution < 1.29 is 26.7 Å². The van der Waals surface area contributed by atoms with Gasteiger partial charge >= 0.3 is 0 Å². The molecule has 1 unspecified atom stereocenters. The third kappa shape index (κ3) is 4.72. The summed E-state index contributed by atoms with van der Waals surface area (Å²) in [7, 11) is 0. The molecule has 0 fully saturated rings. The Balaban J connectivity index is 1.84. The van der Waals surface area contributed by atoms with E-state index in [1.165, 1.54) is 12.1 Å². The fourth-order valence-corrected chi connectivity index (χ4v) is 4.78. The molecule has 1 aliphatic heterocycles. The third-order valence-corrected chi connectivity index (χ3v) is 6.68. The second-order valence-corrected chi connectivity index (χ2v) is 9.06. The number of carbonyl (C=O) groups is 1. The number of carbonyl (C=O) groups excluding carboxylic acids is 1. The molecule has 6 nitrogen and oxygen atoms in total. The Kier molecular flexibility index (Phi) is 7.66. The average Bonchev–Trinajstić information content (AvgIpc) is 3.11. The molecule has 0 bridgehead atoms. The molecule has 42 heavy (non-hydrogen) atoms. The van der Waals surface area contributed by atoms with Crippen molar-refractivity contribution in [2.24, 2.45) is 4.99 Å². The van der Waals surface area contributed by atoms with Crippen LogP contribution >= 0.6 is 0 Å². The minimum absolute atomic E-state index is 0.0421. The average molecular weight is 576 g/mol. The summed E-state index contributed by atoms with van der Waals surface area (Å²) in [5.74, 6) is -8.65. The number of pyridine rings is 2. The zero-order valence-electron chi connectivity index (χ0n) is 22.1. The topological polar surface area (TPSA) is 70.5 Å². The Hall–Kier alpha value is -5.19. The van der Waals surface area contributed by atoms with Crippen molar-refractivity contribution in [3.05, 3.63) is 125 Å². The van der Waals surface area contributed by atoms with Crippen LogP contribution in [0.25, 0.3) is 12.2 Å². The van der Waals surface area contributed by atoms with Crippen molar-refractivity contribution in [3.63, 3.8) is 0 Å². The maximum Gasteiger partial charge on any atom is 0.276 e. The van der Waals surface area contributed by atoms with Gasteiger partial charge in [-0.05, 0) is 12.5 Å². The minimum atomic E-state index is -1.81. The van der Waals surface area contributed by atoms with Crippen LogP contribution < -0.4 is 10.2 Å². The smallest absolute Gasteiger partial charge is 0.276 e. The van der Waals surface area contributed by atoms with Crippen molar-refractivity contribution in [3.8, 4) is 0 Å². The third-order valence-electron chi connectivity index (χ3n) is 6.68. The van der Waals surface area contributed by atoms with Gasteiger partial charge in [0.25, 0.3) is 17.8 Å². The molecule has 1 N–H and O–H groups in total. The number of aromatic nitrogens is 2. The Labute approximate surface area is 237 Å². The van der Waals surface area contributed by atoms with Crippen LogP contribution in [0.5, 0.6) is 0 Å². The monoisotopic (exact) mass is 575 g/mol. The van der Waals surface area contributed by atoms with E-state index in [1.54, 1.807) is 55.5 Å². The quantitative estimate of drug-likeness (QED) is 0.191. The number of para-hydroxylation sites is 1. The van der Waals surface area contributed by atoms with E-state index in [4.69, 9.17) is 0 Å². The number of nitrogens with one attached hydrogen (secondary N) is 1. The molecule has 5 rings (SSSR count). The zero-order chi connectivity index (χ0) is 30.1. The summed E-state index contributed by atoms with van der Waals surface area (Å²) in [6.45, 7) is 8.80. The van der Waals surface area contributed by atoms with E-state index in [2.05, 4.69) is 33.4 Å². The van der Waals surface area contributed by atoms with E-state index in [9.17, 15) is 18.0 Å². The standard InChI is InChI=1S/C31H22F5N5O/c1-4-17-20(6-3)37-29(36)23(33)26(17)41-21-15-11-10-14-19(21)24(16-12-8-7-9-13-16)38-30(31(41)42)39-25-18(5-2)27(34)40-28(35)22(25)32/h4-5,7-15,30H,1-2,6H2,3H3,(H,39,40). The van der Waals surface area contributed by atoms with E-state index >= 15 is 8.78 Å². The van der Waals surface area contributed by atoms with Crippen molar-refractivity contribution in [1.29, 1.82) is 0 Å². The van der Waals surface area contributed by atoms with Gasteiger partial charge in [0.15, 0.2) is 6.17 Å². The molecule has 0 saturated heterocycles. The van der Waals surface area contributed by atoms with E-state index in [-0.39, 0.29) is 29.1 Å². The molecule has 4 aromatic rings. The lowest BCUT2D eigenvalue weighted by Gasteiger charge is -2.28. The van der Waals surface area contributed by atoms with Gasteiger partial charge in [-0.25, -0.2) is 9.98 Å². The lowest BCUT2D eigenvalue weighted by Crippen LogP contribution is -2.40. The van der Waals surface area contributed by atoms with Crippen LogP contribution in [-0.4, -0.2) is 27.8 Å². The van der Waals surface area contributed by atoms with Gasteiger partial charge in [0.05, 0.1) is 34.0 Å². The highest BCUT2D eigenvalue weighted by Gasteiger charge is 2.38. The van der Waals surface area contributed by atoms with Gasteiger partial charge in [0, 0.05) is 16.7 Å².